The average Bonchev–Trinajstić information content (AvgIpc) is 2.41. The van der Waals surface area contributed by atoms with Crippen LogP contribution in [0.15, 0.2) is 48.5 Å². The van der Waals surface area contributed by atoms with Gasteiger partial charge in [-0.2, -0.15) is 10.5 Å². The van der Waals surface area contributed by atoms with Crippen LogP contribution in [0.25, 0.3) is 11.1 Å². The summed E-state index contributed by atoms with van der Waals surface area (Å²) in [6, 6.07) is 15.1. The minimum Gasteiger partial charge on any atom is -0.293 e. The third-order valence-electron chi connectivity index (χ3n) is 2.50. The maximum absolute atomic E-state index is 8.49. The number of nitrogens with one attached hydrogen (secondary N) is 2. The molecule has 0 atom stereocenters. The highest BCUT2D eigenvalue weighted by Gasteiger charge is 1.98. The summed E-state index contributed by atoms with van der Waals surface area (Å²) in [4.78, 5) is 0. The van der Waals surface area contributed by atoms with Crippen LogP contribution in [0, 0.1) is 22.9 Å². The van der Waals surface area contributed by atoms with Crippen LogP contribution in [0.1, 0.15) is 0 Å². The van der Waals surface area contributed by atoms with Crippen molar-refractivity contribution < 1.29 is 0 Å². The van der Waals surface area contributed by atoms with Crippen LogP contribution in [0.2, 0.25) is 0 Å². The highest BCUT2D eigenvalue weighted by atomic mass is 14.9. The van der Waals surface area contributed by atoms with Crippen LogP contribution >= 0.6 is 0 Å². The second kappa shape index (κ2) is 5.38. The van der Waals surface area contributed by atoms with Crippen molar-refractivity contribution in [1.29, 1.82) is 10.5 Å². The van der Waals surface area contributed by atoms with Crippen molar-refractivity contribution in [1.82, 2.24) is 0 Å². The molecule has 2 N–H and O–H groups in total. The van der Waals surface area contributed by atoms with E-state index >= 15 is 0 Å². The third-order valence-corrected chi connectivity index (χ3v) is 2.50. The minimum atomic E-state index is 0.768. The SMILES string of the molecule is N#CNc1ccc(-c2ccc(NC#N)cc2)cc1. The molecule has 0 spiro atoms. The third kappa shape index (κ3) is 2.58. The van der Waals surface area contributed by atoms with E-state index in [4.69, 9.17) is 10.5 Å². The van der Waals surface area contributed by atoms with E-state index in [1.165, 1.54) is 0 Å². The van der Waals surface area contributed by atoms with Crippen molar-refractivity contribution in [3.63, 3.8) is 0 Å². The standard InChI is InChI=1S/C14H10N4/c15-9-17-13-5-1-11(2-6-13)12-3-7-14(8-4-12)18-10-16/h1-8,17-18H. The maximum Gasteiger partial charge on any atom is 0.181 e. The Morgan fingerprint density at radius 3 is 1.22 bits per heavy atom. The molecule has 0 aromatic heterocycles. The van der Waals surface area contributed by atoms with Crippen molar-refractivity contribution >= 4 is 11.4 Å². The molecular weight excluding hydrogens is 224 g/mol. The van der Waals surface area contributed by atoms with Gasteiger partial charge in [0, 0.05) is 11.4 Å². The van der Waals surface area contributed by atoms with E-state index < -0.39 is 0 Å². The zero-order valence-corrected chi connectivity index (χ0v) is 9.51. The molecule has 4 heteroatoms. The fourth-order valence-corrected chi connectivity index (χ4v) is 1.62. The number of nitriles is 2. The summed E-state index contributed by atoms with van der Waals surface area (Å²) in [6.07, 6.45) is 3.75. The largest absolute Gasteiger partial charge is 0.293 e. The van der Waals surface area contributed by atoms with E-state index in [1.807, 2.05) is 60.9 Å². The lowest BCUT2D eigenvalue weighted by atomic mass is 10.1. The molecule has 2 aromatic carbocycles. The van der Waals surface area contributed by atoms with Crippen LogP contribution in [0.3, 0.4) is 0 Å². The molecule has 0 aliphatic heterocycles. The van der Waals surface area contributed by atoms with Gasteiger partial charge in [-0.05, 0) is 35.4 Å². The molecule has 0 unspecified atom stereocenters. The molecule has 0 bridgehead atoms. The number of anilines is 2. The van der Waals surface area contributed by atoms with Gasteiger partial charge in [-0.15, -0.1) is 0 Å². The van der Waals surface area contributed by atoms with Gasteiger partial charge < -0.3 is 0 Å². The van der Waals surface area contributed by atoms with Gasteiger partial charge in [-0.3, -0.25) is 10.6 Å². The quantitative estimate of drug-likeness (QED) is 0.632. The maximum atomic E-state index is 8.49. The molecular formula is C14H10N4. The van der Waals surface area contributed by atoms with Gasteiger partial charge in [-0.25, -0.2) is 0 Å². The van der Waals surface area contributed by atoms with E-state index in [0.717, 1.165) is 22.5 Å². The van der Waals surface area contributed by atoms with Gasteiger partial charge in [0.05, 0.1) is 0 Å². The normalized spacial score (nSPS) is 9.00. The summed E-state index contributed by atoms with van der Waals surface area (Å²) in [5.74, 6) is 0. The Hall–Kier alpha value is -2.98. The number of rotatable bonds is 3. The zero-order valence-electron chi connectivity index (χ0n) is 9.51. The molecule has 0 amide bonds. The summed E-state index contributed by atoms with van der Waals surface area (Å²) < 4.78 is 0. The molecule has 0 heterocycles. The second-order valence-corrected chi connectivity index (χ2v) is 3.63. The fourth-order valence-electron chi connectivity index (χ4n) is 1.62. The monoisotopic (exact) mass is 234 g/mol. The first-order valence-electron chi connectivity index (χ1n) is 5.34. The average molecular weight is 234 g/mol. The minimum absolute atomic E-state index is 0.768. The molecule has 2 aromatic rings. The van der Waals surface area contributed by atoms with Crippen LogP contribution in [0.4, 0.5) is 11.4 Å². The fraction of sp³-hybridized carbons (Fsp3) is 0. The molecule has 0 fully saturated rings. The van der Waals surface area contributed by atoms with Gasteiger partial charge in [0.25, 0.3) is 0 Å². The summed E-state index contributed by atoms with van der Waals surface area (Å²) in [6.45, 7) is 0. The number of nitrogens with zero attached hydrogens (tertiary/aromatic N) is 2. The van der Waals surface area contributed by atoms with E-state index in [2.05, 4.69) is 10.6 Å². The van der Waals surface area contributed by atoms with Crippen molar-refractivity contribution in [3.05, 3.63) is 48.5 Å². The number of benzene rings is 2. The summed E-state index contributed by atoms with van der Waals surface area (Å²) in [7, 11) is 0. The first-order chi connectivity index (χ1) is 8.83. The predicted octanol–water partition coefficient (Wildman–Crippen LogP) is 3.14. The molecule has 4 nitrogen and oxygen atoms in total. The molecule has 0 aliphatic carbocycles. The van der Waals surface area contributed by atoms with Crippen LogP contribution in [-0.4, -0.2) is 0 Å². The van der Waals surface area contributed by atoms with Gasteiger partial charge in [-0.1, -0.05) is 24.3 Å². The van der Waals surface area contributed by atoms with Crippen molar-refractivity contribution in [2.24, 2.45) is 0 Å². The molecule has 0 radical (unpaired) electrons. The van der Waals surface area contributed by atoms with E-state index in [9.17, 15) is 0 Å². The Morgan fingerprint density at radius 2 is 0.944 bits per heavy atom. The highest BCUT2D eigenvalue weighted by Crippen LogP contribution is 2.22. The van der Waals surface area contributed by atoms with Gasteiger partial charge >= 0.3 is 0 Å². The van der Waals surface area contributed by atoms with Gasteiger partial charge in [0.2, 0.25) is 0 Å². The highest BCUT2D eigenvalue weighted by molar-refractivity contribution is 5.68. The Morgan fingerprint density at radius 1 is 0.611 bits per heavy atom. The summed E-state index contributed by atoms with van der Waals surface area (Å²) >= 11 is 0. The lowest BCUT2D eigenvalue weighted by Crippen LogP contribution is -1.88. The first kappa shape index (κ1) is 11.5. The topological polar surface area (TPSA) is 71.6 Å². The Kier molecular flexibility index (Phi) is 3.44. The summed E-state index contributed by atoms with van der Waals surface area (Å²) in [5.41, 5.74) is 3.65. The first-order valence-corrected chi connectivity index (χ1v) is 5.34. The van der Waals surface area contributed by atoms with Crippen LogP contribution in [0.5, 0.6) is 0 Å². The van der Waals surface area contributed by atoms with E-state index in [0.29, 0.717) is 0 Å². The second-order valence-electron chi connectivity index (χ2n) is 3.63. The molecule has 18 heavy (non-hydrogen) atoms. The smallest absolute Gasteiger partial charge is 0.181 e. The lowest BCUT2D eigenvalue weighted by Gasteiger charge is -2.04. The molecule has 2 rings (SSSR count). The van der Waals surface area contributed by atoms with Crippen molar-refractivity contribution in [3.8, 4) is 23.5 Å². The molecule has 0 aliphatic rings. The van der Waals surface area contributed by atoms with Crippen LogP contribution in [-0.2, 0) is 0 Å². The number of hydrogen-bond donors (Lipinski definition) is 2. The Balaban J connectivity index is 2.21. The predicted molar refractivity (Wildman–Crippen MR) is 70.3 cm³/mol. The molecule has 0 saturated heterocycles. The molecule has 0 saturated carbocycles. The van der Waals surface area contributed by atoms with E-state index in [1.54, 1.807) is 0 Å². The van der Waals surface area contributed by atoms with E-state index in [-0.39, 0.29) is 0 Å². The summed E-state index contributed by atoms with van der Waals surface area (Å²) in [5, 5.41) is 22.1. The van der Waals surface area contributed by atoms with Crippen LogP contribution < -0.4 is 10.6 Å². The van der Waals surface area contributed by atoms with Crippen molar-refractivity contribution in [2.75, 3.05) is 10.6 Å². The van der Waals surface area contributed by atoms with Gasteiger partial charge in [0.15, 0.2) is 12.4 Å². The van der Waals surface area contributed by atoms with Crippen molar-refractivity contribution in [2.45, 2.75) is 0 Å². The lowest BCUT2D eigenvalue weighted by molar-refractivity contribution is 1.46. The molecule has 86 valence electrons. The van der Waals surface area contributed by atoms with Gasteiger partial charge in [0.1, 0.15) is 0 Å². The number of hydrogen-bond acceptors (Lipinski definition) is 4. The Labute approximate surface area is 105 Å². The zero-order chi connectivity index (χ0) is 12.8. The Bertz CT molecular complexity index is 543.